The second-order valence-electron chi connectivity index (χ2n) is 2.41. The molecular formula is C9H13BrO2. The van der Waals surface area contributed by atoms with Crippen molar-refractivity contribution in [2.24, 2.45) is 0 Å². The number of aliphatic carboxylic acids is 1. The van der Waals surface area contributed by atoms with E-state index in [-0.39, 0.29) is 0 Å². The molecule has 0 aliphatic rings. The van der Waals surface area contributed by atoms with Crippen molar-refractivity contribution in [3.63, 3.8) is 0 Å². The van der Waals surface area contributed by atoms with Crippen LogP contribution in [-0.2, 0) is 4.79 Å². The monoisotopic (exact) mass is 232 g/mol. The van der Waals surface area contributed by atoms with Gasteiger partial charge in [0.05, 0.1) is 0 Å². The van der Waals surface area contributed by atoms with Crippen molar-refractivity contribution in [3.8, 4) is 0 Å². The Balaban J connectivity index is 3.74. The van der Waals surface area contributed by atoms with Gasteiger partial charge in [0.2, 0.25) is 0 Å². The van der Waals surface area contributed by atoms with Gasteiger partial charge in [0.15, 0.2) is 0 Å². The van der Waals surface area contributed by atoms with Crippen LogP contribution in [0.4, 0.5) is 0 Å². The highest BCUT2D eigenvalue weighted by molar-refractivity contribution is 9.11. The summed E-state index contributed by atoms with van der Waals surface area (Å²) in [7, 11) is 0. The van der Waals surface area contributed by atoms with Crippen molar-refractivity contribution in [1.29, 1.82) is 0 Å². The maximum Gasteiger partial charge on any atom is 0.329 e. The predicted molar refractivity (Wildman–Crippen MR) is 53.3 cm³/mol. The summed E-state index contributed by atoms with van der Waals surface area (Å²) >= 11 is 3.12. The number of unbranched alkanes of at least 4 members (excludes halogenated alkanes) is 2. The van der Waals surface area contributed by atoms with Gasteiger partial charge in [-0.15, -0.1) is 0 Å². The van der Waals surface area contributed by atoms with Crippen molar-refractivity contribution in [2.45, 2.75) is 26.2 Å². The molecule has 0 saturated carbocycles. The maximum atomic E-state index is 10.2. The third-order valence-corrected chi connectivity index (χ3v) is 1.76. The molecule has 0 heterocycles. The summed E-state index contributed by atoms with van der Waals surface area (Å²) in [6.45, 7) is 2.12. The first kappa shape index (κ1) is 11.4. The molecule has 2 nitrogen and oxygen atoms in total. The first-order valence-electron chi connectivity index (χ1n) is 3.93. The van der Waals surface area contributed by atoms with Crippen molar-refractivity contribution in [2.75, 3.05) is 0 Å². The van der Waals surface area contributed by atoms with E-state index in [9.17, 15) is 4.79 Å². The first-order valence-corrected chi connectivity index (χ1v) is 4.72. The summed E-state index contributed by atoms with van der Waals surface area (Å²) in [6.07, 6.45) is 8.16. The van der Waals surface area contributed by atoms with Gasteiger partial charge in [0.25, 0.3) is 0 Å². The molecule has 12 heavy (non-hydrogen) atoms. The summed E-state index contributed by atoms with van der Waals surface area (Å²) in [5, 5.41) is 8.35. The molecule has 0 fully saturated rings. The average molecular weight is 233 g/mol. The molecule has 0 aliphatic carbocycles. The quantitative estimate of drug-likeness (QED) is 0.450. The van der Waals surface area contributed by atoms with Crippen LogP contribution in [0, 0.1) is 0 Å². The van der Waals surface area contributed by atoms with Crippen LogP contribution in [-0.4, -0.2) is 11.1 Å². The predicted octanol–water partition coefficient (Wildman–Crippen LogP) is 3.10. The van der Waals surface area contributed by atoms with Crippen LogP contribution < -0.4 is 0 Å². The van der Waals surface area contributed by atoms with Crippen LogP contribution in [0.1, 0.15) is 26.2 Å². The molecule has 0 aromatic rings. The molecule has 0 bridgehead atoms. The van der Waals surface area contributed by atoms with Crippen LogP contribution in [0.5, 0.6) is 0 Å². The number of carboxylic acid groups (broad SMARTS) is 1. The van der Waals surface area contributed by atoms with E-state index in [1.54, 1.807) is 6.08 Å². The van der Waals surface area contributed by atoms with Crippen molar-refractivity contribution >= 4 is 21.9 Å². The van der Waals surface area contributed by atoms with E-state index in [4.69, 9.17) is 5.11 Å². The summed E-state index contributed by atoms with van der Waals surface area (Å²) < 4.78 is 0.603. The first-order chi connectivity index (χ1) is 5.66. The van der Waals surface area contributed by atoms with E-state index in [1.807, 2.05) is 6.08 Å². The molecule has 0 aromatic carbocycles. The second kappa shape index (κ2) is 7.10. The van der Waals surface area contributed by atoms with Gasteiger partial charge in [-0.1, -0.05) is 47.8 Å². The Hall–Kier alpha value is -0.570. The lowest BCUT2D eigenvalue weighted by Gasteiger charge is -1.88. The lowest BCUT2D eigenvalue weighted by atomic mass is 10.2. The van der Waals surface area contributed by atoms with Gasteiger partial charge in [-0.3, -0.25) is 0 Å². The highest BCUT2D eigenvalue weighted by Crippen LogP contribution is 2.07. The summed E-state index contributed by atoms with van der Waals surface area (Å²) in [4.78, 5) is 10.2. The summed E-state index contributed by atoms with van der Waals surface area (Å²) in [6, 6.07) is 0. The second-order valence-corrected chi connectivity index (χ2v) is 3.33. The Bertz CT molecular complexity index is 195. The fraction of sp³-hybridized carbons (Fsp3) is 0.444. The molecular weight excluding hydrogens is 220 g/mol. The molecule has 3 heteroatoms. The molecule has 68 valence electrons. The number of carboxylic acids is 1. The van der Waals surface area contributed by atoms with E-state index in [1.165, 1.54) is 0 Å². The molecule has 0 saturated heterocycles. The zero-order valence-corrected chi connectivity index (χ0v) is 8.67. The van der Waals surface area contributed by atoms with Crippen LogP contribution >= 0.6 is 15.9 Å². The van der Waals surface area contributed by atoms with Gasteiger partial charge in [0, 0.05) is 10.6 Å². The van der Waals surface area contributed by atoms with E-state index >= 15 is 0 Å². The molecule has 0 rings (SSSR count). The SMILES string of the molecule is CCCC/C=C/C(Br)=C\C(=O)O. The zero-order valence-electron chi connectivity index (χ0n) is 7.09. The number of carbonyl (C=O) groups is 1. The summed E-state index contributed by atoms with van der Waals surface area (Å²) in [5.74, 6) is -0.929. The van der Waals surface area contributed by atoms with E-state index in [0.717, 1.165) is 25.3 Å². The Labute approximate surface area is 81.1 Å². The third-order valence-electron chi connectivity index (χ3n) is 1.26. The van der Waals surface area contributed by atoms with E-state index < -0.39 is 5.97 Å². The lowest BCUT2D eigenvalue weighted by molar-refractivity contribution is -0.131. The van der Waals surface area contributed by atoms with Gasteiger partial charge in [0.1, 0.15) is 0 Å². The molecule has 1 N–H and O–H groups in total. The largest absolute Gasteiger partial charge is 0.478 e. The minimum atomic E-state index is -0.929. The average Bonchev–Trinajstić information content (AvgIpc) is 1.97. The molecule has 0 aromatic heterocycles. The standard InChI is InChI=1S/C9H13BrO2/c1-2-3-4-5-6-8(10)7-9(11)12/h5-7H,2-4H2,1H3,(H,11,12)/b6-5+,8-7+. The Kier molecular flexibility index (Phi) is 6.76. The molecule has 0 aliphatic heterocycles. The summed E-state index contributed by atoms with van der Waals surface area (Å²) in [5.41, 5.74) is 0. The van der Waals surface area contributed by atoms with E-state index in [2.05, 4.69) is 22.9 Å². The smallest absolute Gasteiger partial charge is 0.329 e. The minimum Gasteiger partial charge on any atom is -0.478 e. The lowest BCUT2D eigenvalue weighted by Crippen LogP contribution is -1.86. The Morgan fingerprint density at radius 3 is 2.75 bits per heavy atom. The highest BCUT2D eigenvalue weighted by atomic mass is 79.9. The van der Waals surface area contributed by atoms with Crippen molar-refractivity contribution in [1.82, 2.24) is 0 Å². The van der Waals surface area contributed by atoms with Crippen LogP contribution in [0.2, 0.25) is 0 Å². The topological polar surface area (TPSA) is 37.3 Å². The normalized spacial score (nSPS) is 12.3. The molecule has 0 amide bonds. The Morgan fingerprint density at radius 1 is 1.58 bits per heavy atom. The molecule has 0 atom stereocenters. The van der Waals surface area contributed by atoms with Crippen LogP contribution in [0.3, 0.4) is 0 Å². The van der Waals surface area contributed by atoms with Crippen molar-refractivity contribution < 1.29 is 9.90 Å². The highest BCUT2D eigenvalue weighted by Gasteiger charge is 1.90. The minimum absolute atomic E-state index is 0.603. The Morgan fingerprint density at radius 2 is 2.25 bits per heavy atom. The number of halogens is 1. The van der Waals surface area contributed by atoms with Gasteiger partial charge in [-0.05, 0) is 6.42 Å². The number of hydrogen-bond donors (Lipinski definition) is 1. The fourth-order valence-corrected chi connectivity index (χ4v) is 1.07. The number of rotatable bonds is 5. The molecule has 0 spiro atoms. The van der Waals surface area contributed by atoms with Crippen molar-refractivity contribution in [3.05, 3.63) is 22.7 Å². The van der Waals surface area contributed by atoms with Gasteiger partial charge in [-0.2, -0.15) is 0 Å². The zero-order chi connectivity index (χ0) is 9.40. The van der Waals surface area contributed by atoms with Gasteiger partial charge < -0.3 is 5.11 Å². The van der Waals surface area contributed by atoms with Gasteiger partial charge in [-0.25, -0.2) is 4.79 Å². The molecule has 0 radical (unpaired) electrons. The fourth-order valence-electron chi connectivity index (χ4n) is 0.684. The molecule has 0 unspecified atom stereocenters. The number of hydrogen-bond acceptors (Lipinski definition) is 1. The van der Waals surface area contributed by atoms with Crippen LogP contribution in [0.15, 0.2) is 22.7 Å². The maximum absolute atomic E-state index is 10.2. The van der Waals surface area contributed by atoms with Gasteiger partial charge >= 0.3 is 5.97 Å². The third kappa shape index (κ3) is 7.54. The number of allylic oxidation sites excluding steroid dienone is 3. The van der Waals surface area contributed by atoms with E-state index in [0.29, 0.717) is 4.48 Å². The van der Waals surface area contributed by atoms with Crippen LogP contribution in [0.25, 0.3) is 0 Å².